The standard InChI is InChI=1S/C23H31F3N4OS.C2H6/c1-14-8-19(21(31)28-11-16-12-32-7-5-6-27-16)30-20-17(14)9-15(29-13-23(24,25)26)10-18(20)22(2,3)4;1-2/h8-10,16,27,29H,5-7,11-13H2,1-4H3,(H,28,31);1-2H3. The van der Waals surface area contributed by atoms with E-state index in [-0.39, 0.29) is 17.4 Å². The maximum Gasteiger partial charge on any atom is 0.405 e. The Morgan fingerprint density at radius 1 is 1.21 bits per heavy atom. The second-order valence-corrected chi connectivity index (χ2v) is 10.4. The summed E-state index contributed by atoms with van der Waals surface area (Å²) < 4.78 is 38.1. The summed E-state index contributed by atoms with van der Waals surface area (Å²) in [5.74, 6) is 1.83. The maximum absolute atomic E-state index is 12.9. The van der Waals surface area contributed by atoms with E-state index in [0.29, 0.717) is 23.4 Å². The van der Waals surface area contributed by atoms with Gasteiger partial charge in [0.05, 0.1) is 5.52 Å². The van der Waals surface area contributed by atoms with E-state index in [1.807, 2.05) is 53.3 Å². The summed E-state index contributed by atoms with van der Waals surface area (Å²) >= 11 is 1.88. The first kappa shape index (κ1) is 28.2. The summed E-state index contributed by atoms with van der Waals surface area (Å²) in [6.07, 6.45) is -3.19. The average Bonchev–Trinajstić information content (AvgIpc) is 3.05. The lowest BCUT2D eigenvalue weighted by molar-refractivity contribution is -0.115. The van der Waals surface area contributed by atoms with E-state index in [9.17, 15) is 18.0 Å². The number of hydrogen-bond donors (Lipinski definition) is 3. The number of aromatic nitrogens is 1. The van der Waals surface area contributed by atoms with Crippen molar-refractivity contribution in [3.63, 3.8) is 0 Å². The molecule has 1 unspecified atom stereocenters. The molecule has 2 heterocycles. The Balaban J connectivity index is 0.00000199. The van der Waals surface area contributed by atoms with E-state index < -0.39 is 12.7 Å². The van der Waals surface area contributed by atoms with Crippen molar-refractivity contribution in [3.05, 3.63) is 35.0 Å². The first-order valence-corrected chi connectivity index (χ1v) is 13.0. The van der Waals surface area contributed by atoms with Crippen LogP contribution >= 0.6 is 11.8 Å². The third-order valence-corrected chi connectivity index (χ3v) is 6.60. The molecule has 1 aliphatic heterocycles. The van der Waals surface area contributed by atoms with Crippen LogP contribution in [0.15, 0.2) is 18.2 Å². The summed E-state index contributed by atoms with van der Waals surface area (Å²) in [5.41, 5.74) is 2.56. The van der Waals surface area contributed by atoms with Crippen molar-refractivity contribution in [3.8, 4) is 0 Å². The number of pyridine rings is 1. The fourth-order valence-corrected chi connectivity index (χ4v) is 4.72. The lowest BCUT2D eigenvalue weighted by atomic mass is 9.84. The topological polar surface area (TPSA) is 66.0 Å². The highest BCUT2D eigenvalue weighted by molar-refractivity contribution is 7.99. The van der Waals surface area contributed by atoms with Gasteiger partial charge in [-0.15, -0.1) is 0 Å². The van der Waals surface area contributed by atoms with Crippen LogP contribution in [-0.4, -0.2) is 54.2 Å². The zero-order valence-corrected chi connectivity index (χ0v) is 21.8. The van der Waals surface area contributed by atoms with Crippen LogP contribution in [-0.2, 0) is 5.41 Å². The second-order valence-electron chi connectivity index (χ2n) is 9.25. The maximum atomic E-state index is 12.9. The molecule has 3 rings (SSSR count). The molecule has 2 aromatic rings. The number of carbonyl (C=O) groups is 1. The number of thioether (sulfide) groups is 1. The quantitative estimate of drug-likeness (QED) is 0.496. The number of aryl methyl sites for hydroxylation is 1. The van der Waals surface area contributed by atoms with Crippen LogP contribution in [0.25, 0.3) is 10.9 Å². The molecule has 0 bridgehead atoms. The van der Waals surface area contributed by atoms with Crippen LogP contribution in [0.2, 0.25) is 0 Å². The van der Waals surface area contributed by atoms with Crippen LogP contribution in [0.1, 0.15) is 62.7 Å². The molecule has 1 fully saturated rings. The van der Waals surface area contributed by atoms with Crippen LogP contribution in [0.3, 0.4) is 0 Å². The van der Waals surface area contributed by atoms with Crippen molar-refractivity contribution in [1.29, 1.82) is 0 Å². The number of alkyl halides is 3. The zero-order valence-electron chi connectivity index (χ0n) is 20.9. The Hall–Kier alpha value is -2.00. The van der Waals surface area contributed by atoms with Gasteiger partial charge in [0.2, 0.25) is 0 Å². The molecule has 1 aromatic heterocycles. The SMILES string of the molecule is CC.Cc1cc(C(=O)NCC2CSCCCN2)nc2c(C(C)(C)C)cc(NCC(F)(F)F)cc12. The molecule has 0 radical (unpaired) electrons. The number of carbonyl (C=O) groups excluding carboxylic acids is 1. The molecule has 0 spiro atoms. The van der Waals surface area contributed by atoms with Crippen molar-refractivity contribution < 1.29 is 18.0 Å². The molecule has 0 saturated carbocycles. The van der Waals surface area contributed by atoms with E-state index >= 15 is 0 Å². The predicted octanol–water partition coefficient (Wildman–Crippen LogP) is 5.67. The molecule has 5 nitrogen and oxygen atoms in total. The summed E-state index contributed by atoms with van der Waals surface area (Å²) in [5, 5.41) is 9.64. The number of anilines is 1. The van der Waals surface area contributed by atoms with E-state index in [4.69, 9.17) is 0 Å². The van der Waals surface area contributed by atoms with E-state index in [1.165, 1.54) is 0 Å². The van der Waals surface area contributed by atoms with Crippen LogP contribution in [0.4, 0.5) is 18.9 Å². The van der Waals surface area contributed by atoms with Crippen LogP contribution < -0.4 is 16.0 Å². The summed E-state index contributed by atoms with van der Waals surface area (Å²) in [7, 11) is 0. The van der Waals surface area contributed by atoms with Crippen molar-refractivity contribution in [1.82, 2.24) is 15.6 Å². The van der Waals surface area contributed by atoms with Gasteiger partial charge >= 0.3 is 6.18 Å². The smallest absolute Gasteiger partial charge is 0.376 e. The number of halogens is 3. The molecule has 3 N–H and O–H groups in total. The molecule has 0 aliphatic carbocycles. The van der Waals surface area contributed by atoms with E-state index in [0.717, 1.165) is 41.0 Å². The monoisotopic (exact) mass is 498 g/mol. The van der Waals surface area contributed by atoms with E-state index in [2.05, 4.69) is 20.9 Å². The summed E-state index contributed by atoms with van der Waals surface area (Å²) in [6, 6.07) is 5.30. The van der Waals surface area contributed by atoms with Gasteiger partial charge in [-0.3, -0.25) is 4.79 Å². The van der Waals surface area contributed by atoms with Crippen molar-refractivity contribution >= 4 is 34.3 Å². The Labute approximate surface area is 205 Å². The van der Waals surface area contributed by atoms with Crippen molar-refractivity contribution in [2.24, 2.45) is 0 Å². The van der Waals surface area contributed by atoms with Gasteiger partial charge in [-0.25, -0.2) is 4.98 Å². The Kier molecular flexibility index (Phi) is 10.1. The van der Waals surface area contributed by atoms with Gasteiger partial charge in [0.25, 0.3) is 5.91 Å². The minimum Gasteiger partial charge on any atom is -0.376 e. The van der Waals surface area contributed by atoms with E-state index in [1.54, 1.807) is 18.2 Å². The molecular weight excluding hydrogens is 461 g/mol. The summed E-state index contributed by atoms with van der Waals surface area (Å²) in [4.78, 5) is 17.5. The van der Waals surface area contributed by atoms with Gasteiger partial charge in [0.1, 0.15) is 12.2 Å². The number of hydrogen-bond acceptors (Lipinski definition) is 5. The number of nitrogens with zero attached hydrogens (tertiary/aromatic N) is 1. The Morgan fingerprint density at radius 2 is 1.91 bits per heavy atom. The first-order chi connectivity index (χ1) is 15.9. The lowest BCUT2D eigenvalue weighted by Crippen LogP contribution is -2.42. The fraction of sp³-hybridized carbons (Fsp3) is 0.600. The van der Waals surface area contributed by atoms with Gasteiger partial charge in [-0.2, -0.15) is 24.9 Å². The van der Waals surface area contributed by atoms with Crippen molar-refractivity contribution in [2.75, 3.05) is 36.5 Å². The highest BCUT2D eigenvalue weighted by Gasteiger charge is 2.27. The largest absolute Gasteiger partial charge is 0.405 e. The summed E-state index contributed by atoms with van der Waals surface area (Å²) in [6.45, 7) is 12.2. The Bertz CT molecular complexity index is 965. The van der Waals surface area contributed by atoms with Gasteiger partial charge in [0, 0.05) is 29.4 Å². The highest BCUT2D eigenvalue weighted by Crippen LogP contribution is 2.34. The highest BCUT2D eigenvalue weighted by atomic mass is 32.2. The second kappa shape index (κ2) is 12.1. The average molecular weight is 499 g/mol. The van der Waals surface area contributed by atoms with Gasteiger partial charge in [-0.05, 0) is 60.4 Å². The molecule has 1 amide bonds. The number of fused-ring (bicyclic) bond motifs is 1. The molecular formula is C25H37F3N4OS. The normalized spacial score (nSPS) is 16.9. The molecule has 9 heteroatoms. The third kappa shape index (κ3) is 8.05. The Morgan fingerprint density at radius 3 is 2.56 bits per heavy atom. The predicted molar refractivity (Wildman–Crippen MR) is 137 cm³/mol. The first-order valence-electron chi connectivity index (χ1n) is 11.8. The number of amides is 1. The number of nitrogens with one attached hydrogen (secondary N) is 3. The molecule has 190 valence electrons. The van der Waals surface area contributed by atoms with Crippen LogP contribution in [0, 0.1) is 6.92 Å². The minimum absolute atomic E-state index is 0.223. The minimum atomic E-state index is -4.31. The molecule has 1 atom stereocenters. The van der Waals surface area contributed by atoms with Gasteiger partial charge < -0.3 is 16.0 Å². The van der Waals surface area contributed by atoms with Gasteiger partial charge in [-0.1, -0.05) is 34.6 Å². The molecule has 1 aliphatic rings. The molecule has 1 saturated heterocycles. The molecule has 1 aromatic carbocycles. The fourth-order valence-electron chi connectivity index (χ4n) is 3.69. The van der Waals surface area contributed by atoms with Gasteiger partial charge in [0.15, 0.2) is 0 Å². The third-order valence-electron chi connectivity index (χ3n) is 5.38. The van der Waals surface area contributed by atoms with Crippen LogP contribution in [0.5, 0.6) is 0 Å². The molecule has 34 heavy (non-hydrogen) atoms. The number of rotatable bonds is 5. The van der Waals surface area contributed by atoms with Crippen molar-refractivity contribution in [2.45, 2.75) is 65.6 Å². The zero-order chi connectivity index (χ0) is 25.5. The number of benzene rings is 1. The lowest BCUT2D eigenvalue weighted by Gasteiger charge is -2.23.